The Morgan fingerprint density at radius 2 is 2.15 bits per heavy atom. The first-order valence-electron chi connectivity index (χ1n) is 6.73. The van der Waals surface area contributed by atoms with Crippen LogP contribution < -0.4 is 0 Å². The average molecular weight is 294 g/mol. The zero-order valence-electron chi connectivity index (χ0n) is 11.7. The Balaban J connectivity index is 2.05. The first kappa shape index (κ1) is 15.0. The molecule has 2 aromatic rings. The van der Waals surface area contributed by atoms with Crippen molar-refractivity contribution < 1.29 is 5.11 Å². The minimum Gasteiger partial charge on any atom is -0.396 e. The molecule has 0 fully saturated rings. The molecule has 20 heavy (non-hydrogen) atoms. The summed E-state index contributed by atoms with van der Waals surface area (Å²) in [5.74, 6) is 0. The molecule has 0 aliphatic carbocycles. The standard InChI is InChI=1S/C15H20ClN3O/c1-18-15(6-7-17-18)12-19(8-3-9-20)11-13-4-2-5-14(16)10-13/h2,4-7,10,20H,3,8-9,11-12H2,1H3. The van der Waals surface area contributed by atoms with E-state index in [2.05, 4.69) is 16.1 Å². The van der Waals surface area contributed by atoms with Crippen LogP contribution in [0.25, 0.3) is 0 Å². The van der Waals surface area contributed by atoms with Crippen molar-refractivity contribution in [2.75, 3.05) is 13.2 Å². The lowest BCUT2D eigenvalue weighted by Crippen LogP contribution is -2.25. The Kier molecular flexibility index (Phi) is 5.59. The fourth-order valence-corrected chi connectivity index (χ4v) is 2.40. The molecule has 0 amide bonds. The number of aromatic nitrogens is 2. The van der Waals surface area contributed by atoms with Crippen molar-refractivity contribution in [3.05, 3.63) is 52.8 Å². The summed E-state index contributed by atoms with van der Waals surface area (Å²) in [5, 5.41) is 14.0. The van der Waals surface area contributed by atoms with Crippen molar-refractivity contribution >= 4 is 11.6 Å². The van der Waals surface area contributed by atoms with E-state index >= 15 is 0 Å². The van der Waals surface area contributed by atoms with E-state index in [4.69, 9.17) is 16.7 Å². The van der Waals surface area contributed by atoms with Gasteiger partial charge in [-0.05, 0) is 30.2 Å². The van der Waals surface area contributed by atoms with Gasteiger partial charge >= 0.3 is 0 Å². The molecule has 0 spiro atoms. The van der Waals surface area contributed by atoms with Gasteiger partial charge in [-0.2, -0.15) is 5.10 Å². The lowest BCUT2D eigenvalue weighted by molar-refractivity contribution is 0.209. The largest absolute Gasteiger partial charge is 0.396 e. The van der Waals surface area contributed by atoms with E-state index in [0.717, 1.165) is 36.8 Å². The highest BCUT2D eigenvalue weighted by Crippen LogP contribution is 2.14. The van der Waals surface area contributed by atoms with Crippen LogP contribution >= 0.6 is 11.6 Å². The summed E-state index contributed by atoms with van der Waals surface area (Å²) in [4.78, 5) is 2.29. The molecule has 0 atom stereocenters. The van der Waals surface area contributed by atoms with E-state index in [9.17, 15) is 0 Å². The van der Waals surface area contributed by atoms with Crippen molar-refractivity contribution in [1.29, 1.82) is 0 Å². The average Bonchev–Trinajstić information content (AvgIpc) is 2.82. The summed E-state index contributed by atoms with van der Waals surface area (Å²) in [7, 11) is 1.94. The molecule has 0 aliphatic rings. The predicted octanol–water partition coefficient (Wildman–Crippen LogP) is 2.46. The minimum atomic E-state index is 0.206. The van der Waals surface area contributed by atoms with E-state index in [1.165, 1.54) is 5.56 Å². The van der Waals surface area contributed by atoms with Gasteiger partial charge in [0.25, 0.3) is 0 Å². The number of hydrogen-bond acceptors (Lipinski definition) is 3. The first-order valence-corrected chi connectivity index (χ1v) is 7.11. The molecular formula is C15H20ClN3O. The molecule has 1 N–H and O–H groups in total. The highest BCUT2D eigenvalue weighted by atomic mass is 35.5. The number of hydrogen-bond donors (Lipinski definition) is 1. The van der Waals surface area contributed by atoms with E-state index < -0.39 is 0 Å². The highest BCUT2D eigenvalue weighted by molar-refractivity contribution is 6.30. The number of rotatable bonds is 7. The summed E-state index contributed by atoms with van der Waals surface area (Å²) in [6.07, 6.45) is 2.57. The summed E-state index contributed by atoms with van der Waals surface area (Å²) >= 11 is 6.03. The molecule has 0 saturated carbocycles. The first-order chi connectivity index (χ1) is 9.69. The van der Waals surface area contributed by atoms with Crippen molar-refractivity contribution in [2.24, 2.45) is 7.05 Å². The number of halogens is 1. The Hall–Kier alpha value is -1.36. The Morgan fingerprint density at radius 3 is 2.80 bits per heavy atom. The quantitative estimate of drug-likeness (QED) is 0.852. The number of benzene rings is 1. The zero-order valence-corrected chi connectivity index (χ0v) is 12.4. The molecule has 0 aliphatic heterocycles. The Morgan fingerprint density at radius 1 is 1.30 bits per heavy atom. The van der Waals surface area contributed by atoms with Crippen LogP contribution in [-0.4, -0.2) is 32.9 Å². The van der Waals surface area contributed by atoms with Crippen molar-refractivity contribution in [3.8, 4) is 0 Å². The zero-order chi connectivity index (χ0) is 14.4. The third-order valence-corrected chi connectivity index (χ3v) is 3.47. The van der Waals surface area contributed by atoms with Gasteiger partial charge in [0.1, 0.15) is 0 Å². The summed E-state index contributed by atoms with van der Waals surface area (Å²) in [6.45, 7) is 2.67. The lowest BCUT2D eigenvalue weighted by atomic mass is 10.2. The molecule has 0 unspecified atom stereocenters. The molecule has 4 nitrogen and oxygen atoms in total. The van der Waals surface area contributed by atoms with Gasteiger partial charge in [0.2, 0.25) is 0 Å². The maximum absolute atomic E-state index is 9.04. The molecule has 1 aromatic heterocycles. The number of aliphatic hydroxyl groups excluding tert-OH is 1. The second-order valence-electron chi connectivity index (χ2n) is 4.86. The topological polar surface area (TPSA) is 41.3 Å². The van der Waals surface area contributed by atoms with Crippen molar-refractivity contribution in [3.63, 3.8) is 0 Å². The number of nitrogens with zero attached hydrogens (tertiary/aromatic N) is 3. The molecule has 0 saturated heterocycles. The fourth-order valence-electron chi connectivity index (χ4n) is 2.19. The molecule has 5 heteroatoms. The molecular weight excluding hydrogens is 274 g/mol. The van der Waals surface area contributed by atoms with Gasteiger partial charge in [0.05, 0.1) is 5.69 Å². The molecule has 0 bridgehead atoms. The summed E-state index contributed by atoms with van der Waals surface area (Å²) in [6, 6.07) is 9.91. The van der Waals surface area contributed by atoms with E-state index in [1.54, 1.807) is 6.20 Å². The number of aryl methyl sites for hydroxylation is 1. The second kappa shape index (κ2) is 7.43. The van der Waals surface area contributed by atoms with E-state index in [0.29, 0.717) is 0 Å². The van der Waals surface area contributed by atoms with Crippen LogP contribution in [0.15, 0.2) is 36.5 Å². The van der Waals surface area contributed by atoms with Crippen LogP contribution in [-0.2, 0) is 20.1 Å². The van der Waals surface area contributed by atoms with Gasteiger partial charge < -0.3 is 5.11 Å². The lowest BCUT2D eigenvalue weighted by Gasteiger charge is -2.22. The van der Waals surface area contributed by atoms with Crippen molar-refractivity contribution in [1.82, 2.24) is 14.7 Å². The van der Waals surface area contributed by atoms with E-state index in [-0.39, 0.29) is 6.61 Å². The van der Waals surface area contributed by atoms with Crippen LogP contribution in [0.2, 0.25) is 5.02 Å². The molecule has 1 heterocycles. The van der Waals surface area contributed by atoms with Gasteiger partial charge in [0.15, 0.2) is 0 Å². The van der Waals surface area contributed by atoms with Crippen LogP contribution in [0, 0.1) is 0 Å². The van der Waals surface area contributed by atoms with Crippen LogP contribution in [0.3, 0.4) is 0 Å². The predicted molar refractivity (Wildman–Crippen MR) is 80.5 cm³/mol. The molecule has 1 aromatic carbocycles. The van der Waals surface area contributed by atoms with E-state index in [1.807, 2.05) is 36.0 Å². The monoisotopic (exact) mass is 293 g/mol. The van der Waals surface area contributed by atoms with Crippen LogP contribution in [0.5, 0.6) is 0 Å². The molecule has 108 valence electrons. The maximum atomic E-state index is 9.04. The van der Waals surface area contributed by atoms with Gasteiger partial charge in [-0.15, -0.1) is 0 Å². The van der Waals surface area contributed by atoms with Crippen LogP contribution in [0.1, 0.15) is 17.7 Å². The maximum Gasteiger partial charge on any atom is 0.0521 e. The van der Waals surface area contributed by atoms with Gasteiger partial charge in [-0.1, -0.05) is 23.7 Å². The Bertz CT molecular complexity index is 541. The minimum absolute atomic E-state index is 0.206. The number of aliphatic hydroxyl groups is 1. The molecule has 2 rings (SSSR count). The normalized spacial score (nSPS) is 11.2. The fraction of sp³-hybridized carbons (Fsp3) is 0.400. The van der Waals surface area contributed by atoms with Crippen molar-refractivity contribution in [2.45, 2.75) is 19.5 Å². The Labute approximate surface area is 124 Å². The summed E-state index contributed by atoms with van der Waals surface area (Å²) < 4.78 is 1.88. The molecule has 0 radical (unpaired) electrons. The smallest absolute Gasteiger partial charge is 0.0521 e. The summed E-state index contributed by atoms with van der Waals surface area (Å²) in [5.41, 5.74) is 2.34. The third-order valence-electron chi connectivity index (χ3n) is 3.24. The van der Waals surface area contributed by atoms with Gasteiger partial charge in [0, 0.05) is 44.5 Å². The van der Waals surface area contributed by atoms with Crippen LogP contribution in [0.4, 0.5) is 0 Å². The third kappa shape index (κ3) is 4.34. The van der Waals surface area contributed by atoms with Gasteiger partial charge in [-0.3, -0.25) is 9.58 Å². The second-order valence-corrected chi connectivity index (χ2v) is 5.30. The highest BCUT2D eigenvalue weighted by Gasteiger charge is 2.09. The SMILES string of the molecule is Cn1nccc1CN(CCCO)Cc1cccc(Cl)c1. The van der Waals surface area contributed by atoms with Gasteiger partial charge in [-0.25, -0.2) is 0 Å².